The maximum Gasteiger partial charge on any atom is 0.0555 e. The average Bonchev–Trinajstić information content (AvgIpc) is 2.31. The first-order chi connectivity index (χ1) is 7.91. The summed E-state index contributed by atoms with van der Waals surface area (Å²) < 4.78 is 0. The molecule has 7 N–H and O–H groups in total. The van der Waals surface area contributed by atoms with Crippen LogP contribution in [0.3, 0.4) is 0 Å². The highest BCUT2D eigenvalue weighted by Crippen LogP contribution is 1.62. The van der Waals surface area contributed by atoms with Crippen molar-refractivity contribution in [1.29, 1.82) is 0 Å². The van der Waals surface area contributed by atoms with Crippen LogP contribution in [0, 0.1) is 0 Å². The molecule has 0 aliphatic rings. The van der Waals surface area contributed by atoms with Gasteiger partial charge in [-0.05, 0) is 0 Å². The minimum absolute atomic E-state index is 0.206. The predicted molar refractivity (Wildman–Crippen MR) is 67.6 cm³/mol. The number of aliphatic hydroxyl groups is 1. The van der Waals surface area contributed by atoms with E-state index in [2.05, 4.69) is 21.3 Å². The lowest BCUT2D eigenvalue weighted by Gasteiger charge is -2.07. The zero-order valence-electron chi connectivity index (χ0n) is 10.1. The summed E-state index contributed by atoms with van der Waals surface area (Å²) >= 11 is 0. The van der Waals surface area contributed by atoms with Gasteiger partial charge in [0.2, 0.25) is 0 Å². The highest BCUT2D eigenvalue weighted by Gasteiger charge is 1.89. The molecule has 0 saturated carbocycles. The van der Waals surface area contributed by atoms with Crippen molar-refractivity contribution in [3.63, 3.8) is 0 Å². The Morgan fingerprint density at radius 3 is 1.38 bits per heavy atom. The van der Waals surface area contributed by atoms with Gasteiger partial charge in [0.1, 0.15) is 0 Å². The van der Waals surface area contributed by atoms with Crippen LogP contribution >= 0.6 is 0 Å². The zero-order chi connectivity index (χ0) is 11.9. The minimum Gasteiger partial charge on any atom is -0.395 e. The van der Waals surface area contributed by atoms with E-state index in [1.165, 1.54) is 0 Å². The van der Waals surface area contributed by atoms with Crippen molar-refractivity contribution in [3.05, 3.63) is 0 Å². The van der Waals surface area contributed by atoms with Gasteiger partial charge in [0, 0.05) is 58.9 Å². The normalized spacial score (nSPS) is 10.9. The summed E-state index contributed by atoms with van der Waals surface area (Å²) in [5.74, 6) is 0. The fourth-order valence-electron chi connectivity index (χ4n) is 1.21. The second-order valence-electron chi connectivity index (χ2n) is 3.51. The van der Waals surface area contributed by atoms with Gasteiger partial charge >= 0.3 is 0 Å². The Hall–Kier alpha value is -0.240. The molecule has 0 amide bonds. The monoisotopic (exact) mass is 233 g/mol. The molecule has 0 bridgehead atoms. The van der Waals surface area contributed by atoms with Gasteiger partial charge in [0.25, 0.3) is 0 Å². The summed E-state index contributed by atoms with van der Waals surface area (Å²) in [5, 5.41) is 21.5. The van der Waals surface area contributed by atoms with E-state index in [4.69, 9.17) is 10.8 Å². The lowest BCUT2D eigenvalue weighted by atomic mass is 10.5. The third-order valence-electron chi connectivity index (χ3n) is 2.05. The van der Waals surface area contributed by atoms with Crippen LogP contribution < -0.4 is 27.0 Å². The molecule has 0 radical (unpaired) electrons. The number of rotatable bonds is 13. The van der Waals surface area contributed by atoms with Crippen molar-refractivity contribution in [1.82, 2.24) is 21.3 Å². The molecule has 0 aromatic rings. The first-order valence-electron chi connectivity index (χ1n) is 6.05. The largest absolute Gasteiger partial charge is 0.395 e. The Morgan fingerprint density at radius 2 is 1.00 bits per heavy atom. The van der Waals surface area contributed by atoms with Crippen LogP contribution in [-0.2, 0) is 0 Å². The molecule has 6 nitrogen and oxygen atoms in total. The van der Waals surface area contributed by atoms with Crippen molar-refractivity contribution < 1.29 is 5.11 Å². The van der Waals surface area contributed by atoms with E-state index in [-0.39, 0.29) is 6.61 Å². The van der Waals surface area contributed by atoms with Crippen molar-refractivity contribution >= 4 is 0 Å². The molecule has 0 atom stereocenters. The molecule has 0 fully saturated rings. The summed E-state index contributed by atoms with van der Waals surface area (Å²) in [5.41, 5.74) is 5.34. The lowest BCUT2D eigenvalue weighted by molar-refractivity contribution is 0.292. The molecule has 0 aliphatic carbocycles. The first-order valence-corrected chi connectivity index (χ1v) is 6.05. The number of aliphatic hydroxyl groups excluding tert-OH is 1. The van der Waals surface area contributed by atoms with Crippen molar-refractivity contribution in [2.75, 3.05) is 65.5 Å². The highest BCUT2D eigenvalue weighted by atomic mass is 16.3. The molecule has 0 saturated heterocycles. The molecule has 0 unspecified atom stereocenters. The summed E-state index contributed by atoms with van der Waals surface area (Å²) in [6.07, 6.45) is 0. The van der Waals surface area contributed by atoms with Crippen molar-refractivity contribution in [3.8, 4) is 0 Å². The van der Waals surface area contributed by atoms with Gasteiger partial charge in [-0.2, -0.15) is 0 Å². The molecule has 0 aromatic heterocycles. The van der Waals surface area contributed by atoms with Gasteiger partial charge < -0.3 is 32.1 Å². The average molecular weight is 233 g/mol. The molecule has 0 spiro atoms. The van der Waals surface area contributed by atoms with Crippen LogP contribution in [0.5, 0.6) is 0 Å². The summed E-state index contributed by atoms with van der Waals surface area (Å²) in [4.78, 5) is 0. The zero-order valence-corrected chi connectivity index (χ0v) is 10.1. The molecule has 0 heterocycles. The van der Waals surface area contributed by atoms with Gasteiger partial charge in [-0.15, -0.1) is 0 Å². The van der Waals surface area contributed by atoms with Crippen LogP contribution in [0.2, 0.25) is 0 Å². The van der Waals surface area contributed by atoms with E-state index in [0.717, 1.165) is 45.8 Å². The minimum atomic E-state index is 0.206. The molecule has 0 aromatic carbocycles. The van der Waals surface area contributed by atoms with Gasteiger partial charge in [-0.3, -0.25) is 0 Å². The molecule has 6 heteroatoms. The first kappa shape index (κ1) is 15.8. The third kappa shape index (κ3) is 13.8. The topological polar surface area (TPSA) is 94.4 Å². The number of hydrogen-bond acceptors (Lipinski definition) is 6. The van der Waals surface area contributed by atoms with Gasteiger partial charge in [0.15, 0.2) is 0 Å². The van der Waals surface area contributed by atoms with Crippen LogP contribution in [0.25, 0.3) is 0 Å². The fraction of sp³-hybridized carbons (Fsp3) is 1.00. The van der Waals surface area contributed by atoms with Crippen molar-refractivity contribution in [2.24, 2.45) is 5.73 Å². The Bertz CT molecular complexity index is 112. The quantitative estimate of drug-likeness (QED) is 0.194. The maximum atomic E-state index is 8.52. The Labute approximate surface area is 98.4 Å². The maximum absolute atomic E-state index is 8.52. The number of hydrogen-bond donors (Lipinski definition) is 6. The predicted octanol–water partition coefficient (Wildman–Crippen LogP) is -2.70. The van der Waals surface area contributed by atoms with E-state index in [9.17, 15) is 0 Å². The van der Waals surface area contributed by atoms with E-state index >= 15 is 0 Å². The van der Waals surface area contributed by atoms with Gasteiger partial charge in [-0.1, -0.05) is 0 Å². The van der Waals surface area contributed by atoms with Gasteiger partial charge in [0.05, 0.1) is 6.61 Å². The standard InChI is InChI=1S/C10H27N5O/c11-1-2-12-3-4-13-5-6-14-7-8-15-9-10-16/h12-16H,1-11H2. The third-order valence-corrected chi connectivity index (χ3v) is 2.05. The Morgan fingerprint density at radius 1 is 0.625 bits per heavy atom. The highest BCUT2D eigenvalue weighted by molar-refractivity contribution is 4.56. The SMILES string of the molecule is NCCNCCNCCNCCNCCO. The van der Waals surface area contributed by atoms with Crippen LogP contribution in [0.1, 0.15) is 0 Å². The smallest absolute Gasteiger partial charge is 0.0555 e. The van der Waals surface area contributed by atoms with Gasteiger partial charge in [-0.25, -0.2) is 0 Å². The Balaban J connectivity index is 2.83. The molecule has 98 valence electrons. The molecular formula is C10H27N5O. The summed E-state index contributed by atoms with van der Waals surface area (Å²) in [7, 11) is 0. The summed E-state index contributed by atoms with van der Waals surface area (Å²) in [6.45, 7) is 8.19. The van der Waals surface area contributed by atoms with E-state index in [0.29, 0.717) is 13.1 Å². The second kappa shape index (κ2) is 14.8. The van der Waals surface area contributed by atoms with Crippen molar-refractivity contribution in [2.45, 2.75) is 0 Å². The molecule has 0 rings (SSSR count). The van der Waals surface area contributed by atoms with Crippen LogP contribution in [-0.4, -0.2) is 70.6 Å². The van der Waals surface area contributed by atoms with Crippen LogP contribution in [0.15, 0.2) is 0 Å². The van der Waals surface area contributed by atoms with Crippen LogP contribution in [0.4, 0.5) is 0 Å². The fourth-order valence-corrected chi connectivity index (χ4v) is 1.21. The van der Waals surface area contributed by atoms with E-state index in [1.807, 2.05) is 0 Å². The molecular weight excluding hydrogens is 206 g/mol. The van der Waals surface area contributed by atoms with E-state index in [1.54, 1.807) is 0 Å². The summed E-state index contributed by atoms with van der Waals surface area (Å²) in [6, 6.07) is 0. The number of nitrogens with one attached hydrogen (secondary N) is 4. The van der Waals surface area contributed by atoms with E-state index < -0.39 is 0 Å². The lowest BCUT2D eigenvalue weighted by Crippen LogP contribution is -2.36. The second-order valence-corrected chi connectivity index (χ2v) is 3.51. The molecule has 0 aliphatic heterocycles. The number of nitrogens with two attached hydrogens (primary N) is 1. The molecule has 16 heavy (non-hydrogen) atoms. The Kier molecular flexibility index (Phi) is 14.5.